The lowest BCUT2D eigenvalue weighted by molar-refractivity contribution is 0.0902. The van der Waals surface area contributed by atoms with Crippen molar-refractivity contribution >= 4 is 11.6 Å². The van der Waals surface area contributed by atoms with Gasteiger partial charge in [0.15, 0.2) is 0 Å². The molecule has 1 heterocycles. The molecule has 1 nitrogen and oxygen atoms in total. The van der Waals surface area contributed by atoms with Gasteiger partial charge in [-0.3, -0.25) is 0 Å². The number of ether oxygens (including phenoxy) is 1. The van der Waals surface area contributed by atoms with Gasteiger partial charge in [0, 0.05) is 12.0 Å². The van der Waals surface area contributed by atoms with Gasteiger partial charge in [0.1, 0.15) is 0 Å². The number of halogens is 1. The van der Waals surface area contributed by atoms with Gasteiger partial charge in [0.2, 0.25) is 0 Å². The first-order valence-electron chi connectivity index (χ1n) is 5.94. The van der Waals surface area contributed by atoms with E-state index in [2.05, 4.69) is 6.92 Å². The third-order valence-electron chi connectivity index (χ3n) is 3.87. The highest BCUT2D eigenvalue weighted by Crippen LogP contribution is 2.44. The normalized spacial score (nSPS) is 43.3. The van der Waals surface area contributed by atoms with E-state index < -0.39 is 0 Å². The second kappa shape index (κ2) is 4.40. The molecule has 2 aliphatic rings. The van der Waals surface area contributed by atoms with Gasteiger partial charge < -0.3 is 4.74 Å². The zero-order chi connectivity index (χ0) is 10.0. The Kier molecular flexibility index (Phi) is 3.38. The summed E-state index contributed by atoms with van der Waals surface area (Å²) in [6.45, 7) is 3.38. The van der Waals surface area contributed by atoms with Crippen molar-refractivity contribution in [2.45, 2.75) is 63.4 Å². The maximum absolute atomic E-state index is 6.16. The van der Waals surface area contributed by atoms with E-state index in [0.717, 1.165) is 6.61 Å². The van der Waals surface area contributed by atoms with Crippen molar-refractivity contribution in [2.75, 3.05) is 6.61 Å². The zero-order valence-electron chi connectivity index (χ0n) is 9.10. The van der Waals surface area contributed by atoms with E-state index in [4.69, 9.17) is 16.3 Å². The molecule has 82 valence electrons. The molecule has 0 bridgehead atoms. The van der Waals surface area contributed by atoms with Crippen LogP contribution in [0.15, 0.2) is 0 Å². The van der Waals surface area contributed by atoms with E-state index in [0.29, 0.717) is 16.9 Å². The molecule has 0 aromatic rings. The lowest BCUT2D eigenvalue weighted by Crippen LogP contribution is -2.16. The number of alkyl halides is 1. The molecule has 1 saturated heterocycles. The van der Waals surface area contributed by atoms with E-state index in [1.165, 1.54) is 44.9 Å². The summed E-state index contributed by atoms with van der Waals surface area (Å²) < 4.78 is 5.65. The number of rotatable bonds is 3. The minimum Gasteiger partial charge on any atom is -0.378 e. The van der Waals surface area contributed by atoms with Crippen LogP contribution in [0.25, 0.3) is 0 Å². The van der Waals surface area contributed by atoms with Gasteiger partial charge in [-0.25, -0.2) is 0 Å². The monoisotopic (exact) mass is 216 g/mol. The highest BCUT2D eigenvalue weighted by Gasteiger charge is 2.34. The molecule has 1 saturated carbocycles. The molecule has 1 aliphatic carbocycles. The average molecular weight is 217 g/mol. The third-order valence-corrected chi connectivity index (χ3v) is 4.24. The summed E-state index contributed by atoms with van der Waals surface area (Å²) in [6.07, 6.45) is 9.39. The lowest BCUT2D eigenvalue weighted by atomic mass is 9.83. The first-order chi connectivity index (χ1) is 6.68. The molecule has 2 heteroatoms. The maximum atomic E-state index is 6.16. The molecule has 3 unspecified atom stereocenters. The Balaban J connectivity index is 1.73. The minimum absolute atomic E-state index is 0.435. The van der Waals surface area contributed by atoms with Crippen LogP contribution in [0.1, 0.15) is 51.9 Å². The van der Waals surface area contributed by atoms with Gasteiger partial charge in [-0.2, -0.15) is 0 Å². The molecular formula is C12H21ClO. The van der Waals surface area contributed by atoms with Crippen LogP contribution in [0.2, 0.25) is 0 Å². The van der Waals surface area contributed by atoms with Crippen LogP contribution < -0.4 is 0 Å². The highest BCUT2D eigenvalue weighted by molar-refractivity contribution is 6.20. The Morgan fingerprint density at radius 1 is 1.43 bits per heavy atom. The predicted molar refractivity (Wildman–Crippen MR) is 59.8 cm³/mol. The summed E-state index contributed by atoms with van der Waals surface area (Å²) in [5.74, 6) is 0. The van der Waals surface area contributed by atoms with E-state index in [9.17, 15) is 0 Å². The van der Waals surface area contributed by atoms with E-state index in [1.54, 1.807) is 0 Å². The first kappa shape index (κ1) is 10.8. The van der Waals surface area contributed by atoms with Crippen molar-refractivity contribution in [1.82, 2.24) is 0 Å². The third kappa shape index (κ3) is 2.64. The standard InChI is InChI=1S/C12H21ClO/c1-12(6-4-10(13)9-12)7-5-11-3-2-8-14-11/h10-11H,2-9H2,1H3. The fraction of sp³-hybridized carbons (Fsp3) is 1.00. The summed E-state index contributed by atoms with van der Waals surface area (Å²) in [4.78, 5) is 0. The molecule has 0 radical (unpaired) electrons. The number of hydrogen-bond donors (Lipinski definition) is 0. The van der Waals surface area contributed by atoms with Gasteiger partial charge in [0.25, 0.3) is 0 Å². The summed E-state index contributed by atoms with van der Waals surface area (Å²) in [5.41, 5.74) is 0.512. The van der Waals surface area contributed by atoms with Crippen molar-refractivity contribution in [1.29, 1.82) is 0 Å². The van der Waals surface area contributed by atoms with E-state index in [-0.39, 0.29) is 0 Å². The van der Waals surface area contributed by atoms with Crippen molar-refractivity contribution in [3.8, 4) is 0 Å². The molecule has 0 amide bonds. The van der Waals surface area contributed by atoms with Crippen LogP contribution >= 0.6 is 11.6 Å². The molecule has 14 heavy (non-hydrogen) atoms. The number of hydrogen-bond acceptors (Lipinski definition) is 1. The maximum Gasteiger partial charge on any atom is 0.0576 e. The predicted octanol–water partition coefficient (Wildman–Crippen LogP) is 3.74. The Hall–Kier alpha value is 0.250. The highest BCUT2D eigenvalue weighted by atomic mass is 35.5. The van der Waals surface area contributed by atoms with Gasteiger partial charge in [-0.15, -0.1) is 11.6 Å². The summed E-state index contributed by atoms with van der Waals surface area (Å²) in [7, 11) is 0. The van der Waals surface area contributed by atoms with Crippen molar-refractivity contribution < 1.29 is 4.74 Å². The SMILES string of the molecule is CC1(CCC2CCCO2)CCC(Cl)C1. The van der Waals surface area contributed by atoms with Gasteiger partial charge in [-0.05, 0) is 50.4 Å². The van der Waals surface area contributed by atoms with Crippen LogP contribution in [0.4, 0.5) is 0 Å². The van der Waals surface area contributed by atoms with Crippen molar-refractivity contribution in [3.05, 3.63) is 0 Å². The zero-order valence-corrected chi connectivity index (χ0v) is 9.85. The van der Waals surface area contributed by atoms with Crippen LogP contribution in [-0.4, -0.2) is 18.1 Å². The van der Waals surface area contributed by atoms with Gasteiger partial charge >= 0.3 is 0 Å². The van der Waals surface area contributed by atoms with Crippen LogP contribution in [-0.2, 0) is 4.74 Å². The Morgan fingerprint density at radius 3 is 2.86 bits per heavy atom. The Bertz CT molecular complexity index is 189. The van der Waals surface area contributed by atoms with E-state index >= 15 is 0 Å². The molecule has 2 rings (SSSR count). The molecule has 0 aromatic heterocycles. The van der Waals surface area contributed by atoms with Gasteiger partial charge in [0.05, 0.1) is 6.10 Å². The van der Waals surface area contributed by atoms with Crippen LogP contribution in [0.5, 0.6) is 0 Å². The second-order valence-corrected chi connectivity index (χ2v) is 5.94. The molecule has 2 fully saturated rings. The van der Waals surface area contributed by atoms with Crippen LogP contribution in [0, 0.1) is 5.41 Å². The van der Waals surface area contributed by atoms with E-state index in [1.807, 2.05) is 0 Å². The lowest BCUT2D eigenvalue weighted by Gasteiger charge is -2.24. The first-order valence-corrected chi connectivity index (χ1v) is 6.37. The quantitative estimate of drug-likeness (QED) is 0.653. The summed E-state index contributed by atoms with van der Waals surface area (Å²) in [6, 6.07) is 0. The topological polar surface area (TPSA) is 9.23 Å². The second-order valence-electron chi connectivity index (χ2n) is 5.32. The van der Waals surface area contributed by atoms with Crippen LogP contribution in [0.3, 0.4) is 0 Å². The molecule has 0 spiro atoms. The Labute approximate surface area is 92.2 Å². The smallest absolute Gasteiger partial charge is 0.0576 e. The molecule has 0 aromatic carbocycles. The fourth-order valence-corrected chi connectivity index (χ4v) is 3.33. The average Bonchev–Trinajstić information content (AvgIpc) is 2.73. The summed E-state index contributed by atoms with van der Waals surface area (Å²) in [5, 5.41) is 0.435. The van der Waals surface area contributed by atoms with Crippen molar-refractivity contribution in [3.63, 3.8) is 0 Å². The summed E-state index contributed by atoms with van der Waals surface area (Å²) >= 11 is 6.16. The molecule has 0 N–H and O–H groups in total. The molecular weight excluding hydrogens is 196 g/mol. The minimum atomic E-state index is 0.435. The fourth-order valence-electron chi connectivity index (χ4n) is 2.85. The van der Waals surface area contributed by atoms with Gasteiger partial charge in [-0.1, -0.05) is 6.92 Å². The Morgan fingerprint density at radius 2 is 2.29 bits per heavy atom. The molecule has 3 atom stereocenters. The largest absolute Gasteiger partial charge is 0.378 e. The van der Waals surface area contributed by atoms with Crippen molar-refractivity contribution in [2.24, 2.45) is 5.41 Å². The molecule has 1 aliphatic heterocycles.